The highest BCUT2D eigenvalue weighted by atomic mass is 16.5. The molecule has 24 heavy (non-hydrogen) atoms. The van der Waals surface area contributed by atoms with E-state index in [1.54, 1.807) is 7.11 Å². The van der Waals surface area contributed by atoms with Crippen molar-refractivity contribution in [2.45, 2.75) is 45.6 Å². The van der Waals surface area contributed by atoms with Crippen molar-refractivity contribution < 1.29 is 14.3 Å². The minimum atomic E-state index is 0.0534. The number of methoxy groups -OCH3 is 1. The fraction of sp³-hybridized carbons (Fsp3) is 0.579. The molecule has 0 radical (unpaired) electrons. The second-order valence-corrected chi connectivity index (χ2v) is 6.50. The molecule has 0 spiro atoms. The number of rotatable bonds is 6. The van der Waals surface area contributed by atoms with Crippen LogP contribution in [-0.4, -0.2) is 43.0 Å². The Balaban J connectivity index is 1.81. The van der Waals surface area contributed by atoms with Crippen molar-refractivity contribution in [3.63, 3.8) is 0 Å². The Morgan fingerprint density at radius 3 is 2.67 bits per heavy atom. The zero-order valence-electron chi connectivity index (χ0n) is 14.9. The lowest BCUT2D eigenvalue weighted by Crippen LogP contribution is -2.47. The van der Waals surface area contributed by atoms with Gasteiger partial charge in [0, 0.05) is 25.0 Å². The van der Waals surface area contributed by atoms with E-state index < -0.39 is 0 Å². The number of carbonyl (C=O) groups excluding carboxylic acids is 2. The van der Waals surface area contributed by atoms with Gasteiger partial charge in [0.15, 0.2) is 0 Å². The Morgan fingerprint density at radius 1 is 1.33 bits per heavy atom. The number of nitrogens with one attached hydrogen (secondary N) is 1. The molecule has 132 valence electrons. The summed E-state index contributed by atoms with van der Waals surface area (Å²) in [4.78, 5) is 26.3. The van der Waals surface area contributed by atoms with Gasteiger partial charge < -0.3 is 15.0 Å². The van der Waals surface area contributed by atoms with Gasteiger partial charge in [-0.25, -0.2) is 0 Å². The molecule has 2 rings (SSSR count). The monoisotopic (exact) mass is 332 g/mol. The topological polar surface area (TPSA) is 58.6 Å². The van der Waals surface area contributed by atoms with Gasteiger partial charge >= 0.3 is 0 Å². The number of amides is 2. The highest BCUT2D eigenvalue weighted by molar-refractivity contribution is 5.79. The lowest BCUT2D eigenvalue weighted by molar-refractivity contribution is -0.131. The van der Waals surface area contributed by atoms with Crippen LogP contribution in [-0.2, 0) is 16.0 Å². The molecule has 1 atom stereocenters. The Morgan fingerprint density at radius 2 is 2.04 bits per heavy atom. The molecule has 2 amide bonds. The summed E-state index contributed by atoms with van der Waals surface area (Å²) in [7, 11) is 1.62. The van der Waals surface area contributed by atoms with E-state index in [1.807, 2.05) is 43.0 Å². The first-order valence-electron chi connectivity index (χ1n) is 8.74. The number of likely N-dealkylation sites (tertiary alicyclic amines) is 1. The minimum absolute atomic E-state index is 0.0534. The lowest BCUT2D eigenvalue weighted by atomic mass is 10.0. The van der Waals surface area contributed by atoms with Crippen molar-refractivity contribution in [2.75, 3.05) is 20.2 Å². The molecule has 1 aromatic rings. The molecule has 1 unspecified atom stereocenters. The van der Waals surface area contributed by atoms with Gasteiger partial charge in [-0.2, -0.15) is 0 Å². The van der Waals surface area contributed by atoms with Gasteiger partial charge in [-0.15, -0.1) is 0 Å². The van der Waals surface area contributed by atoms with E-state index in [2.05, 4.69) is 5.32 Å². The number of benzene rings is 1. The third-order valence-corrected chi connectivity index (χ3v) is 4.74. The number of piperidine rings is 1. The number of hydrogen-bond acceptors (Lipinski definition) is 3. The van der Waals surface area contributed by atoms with Crippen molar-refractivity contribution in [2.24, 2.45) is 5.92 Å². The predicted molar refractivity (Wildman–Crippen MR) is 93.9 cm³/mol. The van der Waals surface area contributed by atoms with E-state index in [-0.39, 0.29) is 23.8 Å². The van der Waals surface area contributed by atoms with Crippen LogP contribution in [0.4, 0.5) is 0 Å². The summed E-state index contributed by atoms with van der Waals surface area (Å²) >= 11 is 0. The molecule has 1 aliphatic heterocycles. The molecule has 0 aromatic heterocycles. The minimum Gasteiger partial charge on any atom is -0.497 e. The average Bonchev–Trinajstić information content (AvgIpc) is 2.61. The maximum Gasteiger partial charge on any atom is 0.226 e. The summed E-state index contributed by atoms with van der Waals surface area (Å²) in [5.41, 5.74) is 0.964. The molecule has 0 saturated carbocycles. The van der Waals surface area contributed by atoms with E-state index in [0.717, 1.165) is 30.6 Å². The Kier molecular flexibility index (Phi) is 6.64. The molecular formula is C19H28N2O3. The summed E-state index contributed by atoms with van der Waals surface area (Å²) in [6.45, 7) is 5.37. The predicted octanol–water partition coefficient (Wildman–Crippen LogP) is 2.39. The van der Waals surface area contributed by atoms with E-state index in [1.165, 1.54) is 0 Å². The maximum absolute atomic E-state index is 12.4. The molecule has 1 N–H and O–H groups in total. The van der Waals surface area contributed by atoms with E-state index in [9.17, 15) is 9.59 Å². The standard InChI is InChI=1S/C19H28N2O3/c1-4-14(2)19(23)20-16-8-10-21(11-9-16)18(22)13-15-6-5-7-17(12-15)24-3/h5-7,12,14,16H,4,8-11,13H2,1-3H3,(H,20,23). The van der Waals surface area contributed by atoms with Crippen molar-refractivity contribution in [3.8, 4) is 5.75 Å². The van der Waals surface area contributed by atoms with Crippen LogP contribution in [0, 0.1) is 5.92 Å². The molecule has 5 heteroatoms. The SMILES string of the molecule is CCC(C)C(=O)NC1CCN(C(=O)Cc2cccc(OC)c2)CC1. The quantitative estimate of drug-likeness (QED) is 0.870. The Bertz CT molecular complexity index is 565. The summed E-state index contributed by atoms with van der Waals surface area (Å²) in [6, 6.07) is 7.81. The van der Waals surface area contributed by atoms with Crippen LogP contribution in [0.15, 0.2) is 24.3 Å². The molecule has 1 saturated heterocycles. The van der Waals surface area contributed by atoms with Gasteiger partial charge in [0.2, 0.25) is 11.8 Å². The summed E-state index contributed by atoms with van der Waals surface area (Å²) in [6.07, 6.45) is 2.89. The normalized spacial score (nSPS) is 16.5. The van der Waals surface area contributed by atoms with Crippen LogP contribution >= 0.6 is 0 Å². The van der Waals surface area contributed by atoms with Crippen LogP contribution in [0.5, 0.6) is 5.75 Å². The first-order chi connectivity index (χ1) is 11.5. The van der Waals surface area contributed by atoms with Gasteiger partial charge in [0.05, 0.1) is 13.5 Å². The first kappa shape index (κ1) is 18.3. The molecule has 5 nitrogen and oxygen atoms in total. The van der Waals surface area contributed by atoms with Gasteiger partial charge in [-0.1, -0.05) is 26.0 Å². The zero-order chi connectivity index (χ0) is 17.5. The summed E-state index contributed by atoms with van der Waals surface area (Å²) < 4.78 is 5.20. The van der Waals surface area contributed by atoms with Gasteiger partial charge in [0.1, 0.15) is 5.75 Å². The Hall–Kier alpha value is -2.04. The zero-order valence-corrected chi connectivity index (χ0v) is 14.9. The van der Waals surface area contributed by atoms with Gasteiger partial charge in [0.25, 0.3) is 0 Å². The molecule has 1 aliphatic rings. The smallest absolute Gasteiger partial charge is 0.226 e. The van der Waals surface area contributed by atoms with Crippen molar-refractivity contribution in [3.05, 3.63) is 29.8 Å². The molecule has 0 bridgehead atoms. The lowest BCUT2D eigenvalue weighted by Gasteiger charge is -2.33. The molecular weight excluding hydrogens is 304 g/mol. The highest BCUT2D eigenvalue weighted by Crippen LogP contribution is 2.16. The van der Waals surface area contributed by atoms with Crippen LogP contribution in [0.2, 0.25) is 0 Å². The summed E-state index contributed by atoms with van der Waals surface area (Å²) in [5, 5.41) is 3.10. The van der Waals surface area contributed by atoms with Crippen molar-refractivity contribution in [1.82, 2.24) is 10.2 Å². The summed E-state index contributed by atoms with van der Waals surface area (Å²) in [5.74, 6) is 1.08. The first-order valence-corrected chi connectivity index (χ1v) is 8.74. The fourth-order valence-corrected chi connectivity index (χ4v) is 2.87. The highest BCUT2D eigenvalue weighted by Gasteiger charge is 2.24. The molecule has 1 fully saturated rings. The van der Waals surface area contributed by atoms with Crippen LogP contribution in [0.1, 0.15) is 38.7 Å². The van der Waals surface area contributed by atoms with Gasteiger partial charge in [-0.05, 0) is 37.0 Å². The maximum atomic E-state index is 12.4. The second-order valence-electron chi connectivity index (χ2n) is 6.50. The number of carbonyl (C=O) groups is 2. The molecule has 1 heterocycles. The van der Waals surface area contributed by atoms with E-state index in [0.29, 0.717) is 19.5 Å². The van der Waals surface area contributed by atoms with Crippen LogP contribution in [0.3, 0.4) is 0 Å². The van der Waals surface area contributed by atoms with Crippen LogP contribution in [0.25, 0.3) is 0 Å². The van der Waals surface area contributed by atoms with E-state index >= 15 is 0 Å². The largest absolute Gasteiger partial charge is 0.497 e. The van der Waals surface area contributed by atoms with Crippen molar-refractivity contribution in [1.29, 1.82) is 0 Å². The third-order valence-electron chi connectivity index (χ3n) is 4.74. The molecule has 0 aliphatic carbocycles. The van der Waals surface area contributed by atoms with E-state index in [4.69, 9.17) is 4.74 Å². The fourth-order valence-electron chi connectivity index (χ4n) is 2.87. The molecule has 1 aromatic carbocycles. The average molecular weight is 332 g/mol. The van der Waals surface area contributed by atoms with Gasteiger partial charge in [-0.3, -0.25) is 9.59 Å². The van der Waals surface area contributed by atoms with Crippen LogP contribution < -0.4 is 10.1 Å². The second kappa shape index (κ2) is 8.71. The number of nitrogens with zero attached hydrogens (tertiary/aromatic N) is 1. The number of hydrogen-bond donors (Lipinski definition) is 1. The number of ether oxygens (including phenoxy) is 1. The van der Waals surface area contributed by atoms with Crippen molar-refractivity contribution >= 4 is 11.8 Å². The Labute approximate surface area is 144 Å². The third kappa shape index (κ3) is 4.98.